The molecule has 6 rings (SSSR count). The average molecular weight is 597 g/mol. The van der Waals surface area contributed by atoms with E-state index in [2.05, 4.69) is 20.3 Å². The maximum absolute atomic E-state index is 13.2. The summed E-state index contributed by atoms with van der Waals surface area (Å²) >= 11 is 0. The first-order valence-electron chi connectivity index (χ1n) is 14.4. The van der Waals surface area contributed by atoms with Gasteiger partial charge in [-0.15, -0.1) is 0 Å². The van der Waals surface area contributed by atoms with Crippen LogP contribution in [0.3, 0.4) is 0 Å². The largest absolute Gasteiger partial charge is 0.478 e. The first-order chi connectivity index (χ1) is 22.0. The molecule has 0 bridgehead atoms. The van der Waals surface area contributed by atoms with Crippen LogP contribution >= 0.6 is 0 Å². The zero-order chi connectivity index (χ0) is 31.2. The Hall–Kier alpha value is -5.96. The molecule has 6 aromatic rings. The van der Waals surface area contributed by atoms with Gasteiger partial charge in [0, 0.05) is 78.5 Å². The van der Waals surface area contributed by atoms with Crippen LogP contribution in [0.25, 0.3) is 39.3 Å². The average Bonchev–Trinajstić information content (AvgIpc) is 3.06. The summed E-state index contributed by atoms with van der Waals surface area (Å²) in [4.78, 5) is 51.9. The molecule has 2 N–H and O–H groups in total. The number of benzene rings is 3. The number of carbonyl (C=O) groups is 1. The molecule has 0 atom stereocenters. The summed E-state index contributed by atoms with van der Waals surface area (Å²) in [6.45, 7) is 0.896. The fourth-order valence-electron chi connectivity index (χ4n) is 5.26. The van der Waals surface area contributed by atoms with Crippen molar-refractivity contribution >= 4 is 40.3 Å². The molecule has 9 nitrogen and oxygen atoms in total. The molecule has 0 spiro atoms. The number of aliphatic imine (C=N–C) groups is 1. The van der Waals surface area contributed by atoms with E-state index in [-0.39, 0.29) is 38.4 Å². The Labute approximate surface area is 257 Å². The maximum Gasteiger partial charge on any atom is 0.336 e. The minimum absolute atomic E-state index is 0.0771. The van der Waals surface area contributed by atoms with E-state index in [1.54, 1.807) is 48.9 Å². The summed E-state index contributed by atoms with van der Waals surface area (Å²) in [7, 11) is 0. The zero-order valence-corrected chi connectivity index (χ0v) is 24.1. The van der Waals surface area contributed by atoms with Crippen molar-refractivity contribution in [2.24, 2.45) is 4.99 Å². The van der Waals surface area contributed by atoms with E-state index >= 15 is 0 Å². The third kappa shape index (κ3) is 6.23. The smallest absolute Gasteiger partial charge is 0.336 e. The molecule has 3 aromatic carbocycles. The molecule has 45 heavy (non-hydrogen) atoms. The molecule has 9 heteroatoms. The van der Waals surface area contributed by atoms with Crippen LogP contribution in [0.1, 0.15) is 27.3 Å². The van der Waals surface area contributed by atoms with Crippen LogP contribution in [-0.2, 0) is 12.8 Å². The van der Waals surface area contributed by atoms with Gasteiger partial charge in [0.1, 0.15) is 11.2 Å². The van der Waals surface area contributed by atoms with E-state index in [1.165, 1.54) is 24.4 Å². The van der Waals surface area contributed by atoms with Gasteiger partial charge in [-0.3, -0.25) is 24.5 Å². The van der Waals surface area contributed by atoms with Gasteiger partial charge < -0.3 is 14.8 Å². The van der Waals surface area contributed by atoms with E-state index in [4.69, 9.17) is 4.42 Å². The van der Waals surface area contributed by atoms with E-state index in [0.717, 1.165) is 11.4 Å². The Morgan fingerprint density at radius 2 is 1.47 bits per heavy atom. The summed E-state index contributed by atoms with van der Waals surface area (Å²) in [5.74, 6) is -1.10. The molecule has 222 valence electrons. The zero-order valence-electron chi connectivity index (χ0n) is 24.1. The molecule has 0 aliphatic carbocycles. The lowest BCUT2D eigenvalue weighted by molar-refractivity contribution is 0.0697. The van der Waals surface area contributed by atoms with Crippen LogP contribution < -0.4 is 21.4 Å². The van der Waals surface area contributed by atoms with Gasteiger partial charge in [0.15, 0.2) is 10.9 Å². The summed E-state index contributed by atoms with van der Waals surface area (Å²) in [5.41, 5.74) is 2.84. The molecule has 0 saturated heterocycles. The monoisotopic (exact) mass is 596 g/mol. The van der Waals surface area contributed by atoms with Gasteiger partial charge in [-0.05, 0) is 60.2 Å². The Kier molecular flexibility index (Phi) is 8.50. The molecular weight excluding hydrogens is 568 g/mol. The highest BCUT2D eigenvalue weighted by Gasteiger charge is 2.21. The maximum atomic E-state index is 13.2. The number of hydrogen-bond acceptors (Lipinski definition) is 8. The number of pyridine rings is 2. The third-order valence-electron chi connectivity index (χ3n) is 7.42. The predicted octanol–water partition coefficient (Wildman–Crippen LogP) is 4.41. The Balaban J connectivity index is 1.53. The van der Waals surface area contributed by atoms with Crippen LogP contribution in [-0.4, -0.2) is 40.3 Å². The van der Waals surface area contributed by atoms with Crippen LogP contribution in [0.4, 0.5) is 0 Å². The van der Waals surface area contributed by atoms with Gasteiger partial charge in [-0.25, -0.2) is 4.79 Å². The number of fused-ring (bicyclic) bond motifs is 2. The topological polar surface area (TPSA) is 135 Å². The van der Waals surface area contributed by atoms with E-state index < -0.39 is 5.97 Å². The highest BCUT2D eigenvalue weighted by molar-refractivity contribution is 6.14. The van der Waals surface area contributed by atoms with Gasteiger partial charge in [0.25, 0.3) is 0 Å². The molecule has 3 heterocycles. The molecule has 0 saturated carbocycles. The molecule has 0 unspecified atom stereocenters. The molecule has 0 fully saturated rings. The minimum atomic E-state index is -1.10. The predicted molar refractivity (Wildman–Crippen MR) is 175 cm³/mol. The Morgan fingerprint density at radius 1 is 0.800 bits per heavy atom. The number of rotatable bonds is 10. The fraction of sp³-hybridized carbons (Fsp3) is 0.111. The number of nitrogens with zero attached hydrogens (tertiary/aromatic N) is 3. The standard InChI is InChI=1S/C36H28N4O5/c41-31-13-11-27-33(25-9-1-2-10-26(25)36(43)44)28-12-14-32(42)30(22-38-20-16-24-8-4-6-18-40-24)35(28)45-34(27)29(31)21-37-19-15-23-7-3-5-17-39-23/h1-14,17-18,21-22,37H,15-16,19-20H2,(H,43,44). The quantitative estimate of drug-likeness (QED) is 0.135. The molecule has 0 aliphatic heterocycles. The lowest BCUT2D eigenvalue weighted by atomic mass is 9.92. The van der Waals surface area contributed by atoms with E-state index in [1.807, 2.05) is 36.4 Å². The number of aromatic carboxylic acids is 1. The summed E-state index contributed by atoms with van der Waals surface area (Å²) in [6.07, 6.45) is 7.72. The van der Waals surface area contributed by atoms with Gasteiger partial charge in [-0.2, -0.15) is 0 Å². The molecule has 3 aromatic heterocycles. The summed E-state index contributed by atoms with van der Waals surface area (Å²) in [6, 6.07) is 24.1. The first kappa shape index (κ1) is 29.1. The number of nitrogens with one attached hydrogen (secondary N) is 1. The number of hydrogen-bond donors (Lipinski definition) is 2. The SMILES string of the molecule is O=C(O)c1ccccc1-c1c2ccc(=O)c(C=NCCc3ccccn3)c2oc2c(=CNCCc3ccccn3)c(=O)ccc12. The van der Waals surface area contributed by atoms with E-state index in [9.17, 15) is 19.5 Å². The van der Waals surface area contributed by atoms with Crippen molar-refractivity contribution in [3.8, 4) is 11.1 Å². The summed E-state index contributed by atoms with van der Waals surface area (Å²) in [5, 5.41) is 14.6. The highest BCUT2D eigenvalue weighted by Crippen LogP contribution is 2.37. The van der Waals surface area contributed by atoms with Crippen molar-refractivity contribution in [3.63, 3.8) is 0 Å². The van der Waals surface area contributed by atoms with Crippen molar-refractivity contribution in [1.29, 1.82) is 0 Å². The Morgan fingerprint density at radius 3 is 2.18 bits per heavy atom. The lowest BCUT2D eigenvalue weighted by Crippen LogP contribution is -2.28. The third-order valence-corrected chi connectivity index (χ3v) is 7.42. The van der Waals surface area contributed by atoms with Gasteiger partial charge in [0.05, 0.1) is 16.3 Å². The van der Waals surface area contributed by atoms with Crippen molar-refractivity contribution in [1.82, 2.24) is 15.3 Å². The van der Waals surface area contributed by atoms with Gasteiger partial charge in [-0.1, -0.05) is 30.3 Å². The van der Waals surface area contributed by atoms with Crippen LogP contribution in [0.15, 0.2) is 116 Å². The number of aromatic nitrogens is 2. The second-order valence-electron chi connectivity index (χ2n) is 10.3. The molecule has 0 amide bonds. The normalized spacial score (nSPS) is 11.9. The first-order valence-corrected chi connectivity index (χ1v) is 14.4. The van der Waals surface area contributed by atoms with Crippen LogP contribution in [0, 0.1) is 0 Å². The fourth-order valence-corrected chi connectivity index (χ4v) is 5.26. The van der Waals surface area contributed by atoms with Crippen molar-refractivity contribution in [3.05, 3.63) is 146 Å². The second-order valence-corrected chi connectivity index (χ2v) is 10.3. The van der Waals surface area contributed by atoms with Gasteiger partial charge in [0.2, 0.25) is 0 Å². The van der Waals surface area contributed by atoms with E-state index in [0.29, 0.717) is 47.8 Å². The second kappa shape index (κ2) is 13.1. The highest BCUT2D eigenvalue weighted by atomic mass is 16.4. The minimum Gasteiger partial charge on any atom is -0.478 e. The number of carboxylic acids is 1. The molecule has 0 radical (unpaired) electrons. The molecular formula is C36H28N4O5. The number of carboxylic acid groups (broad SMARTS) is 1. The lowest BCUT2D eigenvalue weighted by Gasteiger charge is -2.14. The summed E-state index contributed by atoms with van der Waals surface area (Å²) < 4.78 is 6.43. The Bertz CT molecular complexity index is 2220. The van der Waals surface area contributed by atoms with Crippen molar-refractivity contribution < 1.29 is 14.3 Å². The van der Waals surface area contributed by atoms with Crippen molar-refractivity contribution in [2.75, 3.05) is 13.1 Å². The van der Waals surface area contributed by atoms with Crippen LogP contribution in [0.5, 0.6) is 0 Å². The van der Waals surface area contributed by atoms with Gasteiger partial charge >= 0.3 is 5.97 Å². The van der Waals surface area contributed by atoms with Crippen LogP contribution in [0.2, 0.25) is 0 Å². The van der Waals surface area contributed by atoms with Crippen molar-refractivity contribution in [2.45, 2.75) is 12.8 Å². The molecule has 0 aliphatic rings.